The first-order valence-corrected chi connectivity index (χ1v) is 2.60. The number of halogens is 1. The van der Waals surface area contributed by atoms with Gasteiger partial charge in [-0.1, -0.05) is 0 Å². The van der Waals surface area contributed by atoms with E-state index in [-0.39, 0.29) is 43.9 Å². The minimum atomic E-state index is -0.238. The molecule has 0 aromatic heterocycles. The first kappa shape index (κ1) is 10.6. The zero-order chi connectivity index (χ0) is 8.27. The second-order valence-corrected chi connectivity index (χ2v) is 1.61. The van der Waals surface area contributed by atoms with Gasteiger partial charge in [0.2, 0.25) is 0 Å². The summed E-state index contributed by atoms with van der Waals surface area (Å²) in [7, 11) is 0. The van der Waals surface area contributed by atoms with Crippen molar-refractivity contribution in [1.82, 2.24) is 0 Å². The molecule has 1 heterocycles. The van der Waals surface area contributed by atoms with E-state index in [0.717, 1.165) is 0 Å². The fourth-order valence-electron chi connectivity index (χ4n) is 0.565. The number of aliphatic imine (C=N–C) groups is 2. The van der Waals surface area contributed by atoms with Crippen molar-refractivity contribution < 1.29 is 24.7 Å². The number of nitriles is 2. The van der Waals surface area contributed by atoms with Crippen LogP contribution in [0.2, 0.25) is 0 Å². The van der Waals surface area contributed by atoms with Gasteiger partial charge < -0.3 is 1.43 Å². The smallest absolute Gasteiger partial charge is 1.00 e. The Morgan fingerprint density at radius 3 is 1.92 bits per heavy atom. The summed E-state index contributed by atoms with van der Waals surface area (Å²) in [5.74, 6) is -0.238. The second kappa shape index (κ2) is 4.46. The Morgan fingerprint density at radius 1 is 1.25 bits per heavy atom. The third-order valence-corrected chi connectivity index (χ3v) is 0.986. The zero-order valence-electron chi connectivity index (χ0n) is 7.24. The van der Waals surface area contributed by atoms with E-state index in [9.17, 15) is 4.39 Å². The number of nitrogens with zero attached hydrogens (tertiary/aromatic N) is 4. The molecule has 0 unspecified atom stereocenters. The average molecular weight is 156 g/mol. The van der Waals surface area contributed by atoms with Gasteiger partial charge in [-0.2, -0.15) is 10.5 Å². The van der Waals surface area contributed by atoms with Crippen LogP contribution in [-0.2, 0) is 0 Å². The SMILES string of the molecule is N#CC1=NC(=CF)N=C1C#N.[H-].[Li+]. The molecule has 0 aliphatic carbocycles. The molecule has 0 saturated heterocycles. The van der Waals surface area contributed by atoms with Crippen LogP contribution in [0, 0.1) is 22.7 Å². The summed E-state index contributed by atoms with van der Waals surface area (Å²) >= 11 is 0. The average Bonchev–Trinajstić information content (AvgIpc) is 2.46. The van der Waals surface area contributed by atoms with E-state index in [2.05, 4.69) is 9.98 Å². The largest absolute Gasteiger partial charge is 1.00 e. The van der Waals surface area contributed by atoms with Crippen LogP contribution in [0.3, 0.4) is 0 Å². The van der Waals surface area contributed by atoms with Crippen LogP contribution in [0.4, 0.5) is 4.39 Å². The fraction of sp³-hybridized carbons (Fsp3) is 0. The molecule has 0 aromatic rings. The molecule has 1 aliphatic rings. The molecule has 0 atom stereocenters. The fourth-order valence-corrected chi connectivity index (χ4v) is 0.565. The summed E-state index contributed by atoms with van der Waals surface area (Å²) in [5, 5.41) is 16.6. The van der Waals surface area contributed by atoms with Gasteiger partial charge in [0.15, 0.2) is 17.2 Å². The molecular weight excluding hydrogens is 154 g/mol. The Kier molecular flexibility index (Phi) is 3.94. The maximum atomic E-state index is 11.7. The van der Waals surface area contributed by atoms with Crippen LogP contribution in [0.15, 0.2) is 22.1 Å². The Labute approximate surface area is 81.4 Å². The number of hydrogen-bond donors (Lipinski definition) is 0. The molecule has 0 aromatic carbocycles. The molecule has 6 heteroatoms. The molecule has 0 amide bonds. The molecule has 0 fully saturated rings. The predicted octanol–water partition coefficient (Wildman–Crippen LogP) is -2.19. The van der Waals surface area contributed by atoms with Crippen molar-refractivity contribution in [3.8, 4) is 12.1 Å². The Balaban J connectivity index is 0. The number of hydrogen-bond acceptors (Lipinski definition) is 4. The van der Waals surface area contributed by atoms with Crippen LogP contribution in [-0.4, -0.2) is 11.4 Å². The summed E-state index contributed by atoms with van der Waals surface area (Å²) < 4.78 is 11.7. The van der Waals surface area contributed by atoms with Crippen LogP contribution in [0.5, 0.6) is 0 Å². The van der Waals surface area contributed by atoms with Gasteiger partial charge >= 0.3 is 18.9 Å². The normalized spacial score (nSPS) is 13.4. The van der Waals surface area contributed by atoms with Gasteiger partial charge in [-0.15, -0.1) is 0 Å². The van der Waals surface area contributed by atoms with Gasteiger partial charge in [-0.3, -0.25) is 0 Å². The summed E-state index contributed by atoms with van der Waals surface area (Å²) in [5.41, 5.74) is -0.284. The van der Waals surface area contributed by atoms with Crippen molar-refractivity contribution in [1.29, 1.82) is 10.5 Å². The van der Waals surface area contributed by atoms with Crippen molar-refractivity contribution in [3.05, 3.63) is 12.2 Å². The van der Waals surface area contributed by atoms with Crippen molar-refractivity contribution >= 4 is 11.4 Å². The molecular formula is C6H2FLiN4. The van der Waals surface area contributed by atoms with Gasteiger partial charge in [-0.25, -0.2) is 14.4 Å². The standard InChI is InChI=1S/C6HFN4.Li.H/c7-1-6-10-4(2-8)5(3-9)11-6;;/h1H;;/q;+1;-1. The quantitative estimate of drug-likeness (QED) is 0.374. The minimum absolute atomic E-state index is 0. The monoisotopic (exact) mass is 156 g/mol. The zero-order valence-corrected chi connectivity index (χ0v) is 6.24. The summed E-state index contributed by atoms with van der Waals surface area (Å²) in [6.07, 6.45) is 0.141. The van der Waals surface area contributed by atoms with E-state index in [4.69, 9.17) is 10.5 Å². The van der Waals surface area contributed by atoms with Crippen molar-refractivity contribution in [3.63, 3.8) is 0 Å². The van der Waals surface area contributed by atoms with E-state index < -0.39 is 0 Å². The Morgan fingerprint density at radius 2 is 1.67 bits per heavy atom. The van der Waals surface area contributed by atoms with Gasteiger partial charge in [0.1, 0.15) is 18.5 Å². The molecule has 54 valence electrons. The molecule has 0 bridgehead atoms. The molecule has 4 nitrogen and oxygen atoms in total. The van der Waals surface area contributed by atoms with Crippen molar-refractivity contribution in [2.75, 3.05) is 0 Å². The third kappa shape index (κ3) is 1.80. The van der Waals surface area contributed by atoms with Gasteiger partial charge in [0, 0.05) is 0 Å². The van der Waals surface area contributed by atoms with Crippen LogP contribution in [0.1, 0.15) is 1.43 Å². The molecule has 1 rings (SSSR count). The van der Waals surface area contributed by atoms with E-state index in [0.29, 0.717) is 0 Å². The maximum Gasteiger partial charge on any atom is 1.00 e. The van der Waals surface area contributed by atoms with Gasteiger partial charge in [0.25, 0.3) is 0 Å². The third-order valence-electron chi connectivity index (χ3n) is 0.986. The summed E-state index contributed by atoms with van der Waals surface area (Å²) in [6, 6.07) is 3.24. The maximum absolute atomic E-state index is 11.7. The Hall–Kier alpha value is -1.41. The molecule has 0 saturated carbocycles. The molecule has 1 aliphatic heterocycles. The van der Waals surface area contributed by atoms with Crippen LogP contribution < -0.4 is 18.9 Å². The molecule has 0 spiro atoms. The van der Waals surface area contributed by atoms with Crippen molar-refractivity contribution in [2.45, 2.75) is 0 Å². The van der Waals surface area contributed by atoms with Crippen LogP contribution >= 0.6 is 0 Å². The van der Waals surface area contributed by atoms with Gasteiger partial charge in [0.05, 0.1) is 0 Å². The first-order chi connectivity index (χ1) is 5.31. The molecule has 0 radical (unpaired) electrons. The van der Waals surface area contributed by atoms with E-state index in [1.54, 1.807) is 12.1 Å². The van der Waals surface area contributed by atoms with E-state index in [1.165, 1.54) is 0 Å². The van der Waals surface area contributed by atoms with E-state index >= 15 is 0 Å². The number of rotatable bonds is 0. The summed E-state index contributed by atoms with van der Waals surface area (Å²) in [4.78, 5) is 6.79. The minimum Gasteiger partial charge on any atom is -1.00 e. The molecule has 0 N–H and O–H groups in total. The predicted molar refractivity (Wildman–Crippen MR) is 36.4 cm³/mol. The Bertz CT molecular complexity index is 328. The first-order valence-electron chi connectivity index (χ1n) is 2.60. The van der Waals surface area contributed by atoms with Crippen LogP contribution in [0.25, 0.3) is 0 Å². The second-order valence-electron chi connectivity index (χ2n) is 1.61. The topological polar surface area (TPSA) is 72.3 Å². The van der Waals surface area contributed by atoms with Crippen molar-refractivity contribution in [2.24, 2.45) is 9.98 Å². The van der Waals surface area contributed by atoms with E-state index in [1.807, 2.05) is 0 Å². The van der Waals surface area contributed by atoms with Gasteiger partial charge in [-0.05, 0) is 0 Å². The summed E-state index contributed by atoms with van der Waals surface area (Å²) in [6.45, 7) is 0. The molecule has 12 heavy (non-hydrogen) atoms.